The van der Waals surface area contributed by atoms with Gasteiger partial charge in [0.1, 0.15) is 5.82 Å². The van der Waals surface area contributed by atoms with Gasteiger partial charge in [0.2, 0.25) is 0 Å². The summed E-state index contributed by atoms with van der Waals surface area (Å²) in [5, 5.41) is 7.62. The monoisotopic (exact) mass is 412 g/mol. The van der Waals surface area contributed by atoms with Gasteiger partial charge in [-0.3, -0.25) is 4.99 Å². The summed E-state index contributed by atoms with van der Waals surface area (Å²) in [4.78, 5) is 9.84. The largest absolute Gasteiger partial charge is 0.356 e. The van der Waals surface area contributed by atoms with Crippen LogP contribution in [-0.2, 0) is 13.0 Å². The molecule has 0 saturated heterocycles. The van der Waals surface area contributed by atoms with E-state index < -0.39 is 0 Å². The average molecular weight is 413 g/mol. The van der Waals surface area contributed by atoms with E-state index in [9.17, 15) is 4.39 Å². The first kappa shape index (κ1) is 18.9. The minimum absolute atomic E-state index is 0.164. The topological polar surface area (TPSA) is 49.3 Å². The summed E-state index contributed by atoms with van der Waals surface area (Å²) in [7, 11) is 1.74. The van der Waals surface area contributed by atoms with Crippen molar-refractivity contribution in [1.29, 1.82) is 0 Å². The first-order valence-electron chi connectivity index (χ1n) is 7.81. The van der Waals surface area contributed by atoms with Gasteiger partial charge in [-0.15, -0.1) is 11.3 Å². The zero-order valence-electron chi connectivity index (χ0n) is 14.1. The van der Waals surface area contributed by atoms with Crippen LogP contribution in [0.5, 0.6) is 0 Å². The van der Waals surface area contributed by atoms with E-state index in [0.717, 1.165) is 39.7 Å². The fourth-order valence-corrected chi connectivity index (χ4v) is 3.54. The predicted molar refractivity (Wildman–Crippen MR) is 102 cm³/mol. The molecule has 1 heterocycles. The van der Waals surface area contributed by atoms with Gasteiger partial charge in [0, 0.05) is 22.9 Å². The van der Waals surface area contributed by atoms with E-state index in [2.05, 4.69) is 36.5 Å². The Morgan fingerprint density at radius 2 is 2.12 bits per heavy atom. The highest BCUT2D eigenvalue weighted by Gasteiger charge is 2.06. The van der Waals surface area contributed by atoms with Gasteiger partial charge in [-0.25, -0.2) is 9.37 Å². The Hall–Kier alpha value is -1.47. The molecule has 0 amide bonds. The Bertz CT molecular complexity index is 715. The number of nitrogens with zero attached hydrogens (tertiary/aromatic N) is 2. The number of halogens is 2. The highest BCUT2D eigenvalue weighted by Crippen LogP contribution is 2.17. The number of hydrogen-bond donors (Lipinski definition) is 2. The van der Waals surface area contributed by atoms with Gasteiger partial charge in [-0.05, 0) is 44.4 Å². The van der Waals surface area contributed by atoms with Crippen LogP contribution in [0.4, 0.5) is 4.39 Å². The maximum Gasteiger partial charge on any atom is 0.191 e. The summed E-state index contributed by atoms with van der Waals surface area (Å²) in [6.45, 7) is 5.47. The Morgan fingerprint density at radius 3 is 2.75 bits per heavy atom. The molecule has 0 fully saturated rings. The molecule has 0 spiro atoms. The standard InChI is InChI=1S/C17H22BrFN4S/c1-11-16(24-12(2)23-11)10-22-17(20-3)21-8-4-5-13-6-7-14(18)9-15(13)19/h6-7,9H,4-5,8,10H2,1-3H3,(H2,20,21,22). The molecule has 0 radical (unpaired) electrons. The van der Waals surface area contributed by atoms with Crippen molar-refractivity contribution >= 4 is 33.2 Å². The number of nitrogens with one attached hydrogen (secondary N) is 2. The van der Waals surface area contributed by atoms with Crippen LogP contribution < -0.4 is 10.6 Å². The SMILES string of the molecule is CN=C(NCCCc1ccc(Br)cc1F)NCc1sc(C)nc1C. The molecule has 0 unspecified atom stereocenters. The molecule has 1 aromatic carbocycles. The first-order valence-corrected chi connectivity index (χ1v) is 9.42. The van der Waals surface area contributed by atoms with Gasteiger partial charge >= 0.3 is 0 Å². The number of thiazole rings is 1. The molecule has 2 N–H and O–H groups in total. The van der Waals surface area contributed by atoms with E-state index in [1.165, 1.54) is 10.9 Å². The van der Waals surface area contributed by atoms with E-state index in [-0.39, 0.29) is 5.82 Å². The molecule has 0 aliphatic heterocycles. The molecular formula is C17H22BrFN4S. The Morgan fingerprint density at radius 1 is 1.33 bits per heavy atom. The maximum atomic E-state index is 13.8. The molecular weight excluding hydrogens is 391 g/mol. The van der Waals surface area contributed by atoms with Crippen LogP contribution in [0.15, 0.2) is 27.7 Å². The normalized spacial score (nSPS) is 11.6. The van der Waals surface area contributed by atoms with E-state index in [4.69, 9.17) is 0 Å². The van der Waals surface area contributed by atoms with Crippen molar-refractivity contribution in [2.75, 3.05) is 13.6 Å². The van der Waals surface area contributed by atoms with Gasteiger partial charge in [-0.1, -0.05) is 22.0 Å². The van der Waals surface area contributed by atoms with Crippen molar-refractivity contribution in [2.45, 2.75) is 33.2 Å². The second-order valence-corrected chi connectivity index (χ2v) is 7.64. The van der Waals surface area contributed by atoms with Crippen molar-refractivity contribution in [3.63, 3.8) is 0 Å². The summed E-state index contributed by atoms with van der Waals surface area (Å²) >= 11 is 4.96. The number of aliphatic imine (C=N–C) groups is 1. The lowest BCUT2D eigenvalue weighted by Crippen LogP contribution is -2.37. The van der Waals surface area contributed by atoms with E-state index in [0.29, 0.717) is 13.0 Å². The zero-order chi connectivity index (χ0) is 17.5. The van der Waals surface area contributed by atoms with Crippen LogP contribution >= 0.6 is 27.3 Å². The predicted octanol–water partition coefficient (Wildman–Crippen LogP) is 3.96. The lowest BCUT2D eigenvalue weighted by atomic mass is 10.1. The fourth-order valence-electron chi connectivity index (χ4n) is 2.33. The van der Waals surface area contributed by atoms with Crippen molar-refractivity contribution in [3.8, 4) is 0 Å². The van der Waals surface area contributed by atoms with Crippen molar-refractivity contribution in [2.24, 2.45) is 4.99 Å². The fraction of sp³-hybridized carbons (Fsp3) is 0.412. The Kier molecular flexibility index (Phi) is 7.17. The number of guanidine groups is 1. The summed E-state index contributed by atoms with van der Waals surface area (Å²) in [6, 6.07) is 5.19. The second kappa shape index (κ2) is 9.13. The van der Waals surface area contributed by atoms with Crippen LogP contribution in [-0.4, -0.2) is 24.5 Å². The Labute approximate surface area is 154 Å². The van der Waals surface area contributed by atoms with Crippen LogP contribution in [0.3, 0.4) is 0 Å². The number of aromatic nitrogens is 1. The summed E-state index contributed by atoms with van der Waals surface area (Å²) in [6.07, 6.45) is 1.52. The van der Waals surface area contributed by atoms with Crippen molar-refractivity contribution < 1.29 is 4.39 Å². The second-order valence-electron chi connectivity index (χ2n) is 5.43. The summed E-state index contributed by atoms with van der Waals surface area (Å²) in [5.74, 6) is 0.583. The van der Waals surface area contributed by atoms with Gasteiger partial charge in [0.25, 0.3) is 0 Å². The molecule has 2 rings (SSSR count). The molecule has 130 valence electrons. The van der Waals surface area contributed by atoms with Gasteiger partial charge in [-0.2, -0.15) is 0 Å². The zero-order valence-corrected chi connectivity index (χ0v) is 16.5. The molecule has 0 atom stereocenters. The number of benzene rings is 1. The lowest BCUT2D eigenvalue weighted by molar-refractivity contribution is 0.602. The Balaban J connectivity index is 1.74. The highest BCUT2D eigenvalue weighted by atomic mass is 79.9. The quantitative estimate of drug-likeness (QED) is 0.428. The van der Waals surface area contributed by atoms with E-state index >= 15 is 0 Å². The van der Waals surface area contributed by atoms with Gasteiger partial charge in [0.05, 0.1) is 17.2 Å². The molecule has 24 heavy (non-hydrogen) atoms. The third-order valence-corrected chi connectivity index (χ3v) is 5.14. The molecule has 0 aliphatic carbocycles. The van der Waals surface area contributed by atoms with Crippen LogP contribution in [0.1, 0.15) is 27.6 Å². The molecule has 0 bridgehead atoms. The number of rotatable bonds is 6. The highest BCUT2D eigenvalue weighted by molar-refractivity contribution is 9.10. The average Bonchev–Trinajstić information content (AvgIpc) is 2.86. The minimum atomic E-state index is -0.164. The lowest BCUT2D eigenvalue weighted by Gasteiger charge is -2.11. The number of hydrogen-bond acceptors (Lipinski definition) is 3. The molecule has 1 aromatic heterocycles. The smallest absolute Gasteiger partial charge is 0.191 e. The van der Waals surface area contributed by atoms with Crippen molar-refractivity contribution in [3.05, 3.63) is 49.6 Å². The van der Waals surface area contributed by atoms with E-state index in [1.54, 1.807) is 18.4 Å². The molecule has 0 aliphatic rings. The van der Waals surface area contributed by atoms with Gasteiger partial charge < -0.3 is 10.6 Å². The number of aryl methyl sites for hydroxylation is 3. The van der Waals surface area contributed by atoms with Crippen LogP contribution in [0.25, 0.3) is 0 Å². The molecule has 7 heteroatoms. The molecule has 0 saturated carbocycles. The minimum Gasteiger partial charge on any atom is -0.356 e. The third-order valence-electron chi connectivity index (χ3n) is 3.57. The van der Waals surface area contributed by atoms with Crippen LogP contribution in [0.2, 0.25) is 0 Å². The van der Waals surface area contributed by atoms with Gasteiger partial charge in [0.15, 0.2) is 5.96 Å². The van der Waals surface area contributed by atoms with Crippen LogP contribution in [0, 0.1) is 19.7 Å². The van der Waals surface area contributed by atoms with Crippen molar-refractivity contribution in [1.82, 2.24) is 15.6 Å². The third kappa shape index (κ3) is 5.56. The summed E-state index contributed by atoms with van der Waals surface area (Å²) in [5.41, 5.74) is 1.80. The van der Waals surface area contributed by atoms with E-state index in [1.807, 2.05) is 26.0 Å². The molecule has 4 nitrogen and oxygen atoms in total. The first-order chi connectivity index (χ1) is 11.5. The molecule has 2 aromatic rings. The summed E-state index contributed by atoms with van der Waals surface area (Å²) < 4.78 is 14.5. The maximum absolute atomic E-state index is 13.8.